The molecule has 0 aromatic carbocycles. The van der Waals surface area contributed by atoms with Crippen molar-refractivity contribution in [3.8, 4) is 0 Å². The van der Waals surface area contributed by atoms with Crippen molar-refractivity contribution in [2.45, 2.75) is 97.8 Å². The predicted molar refractivity (Wildman–Crippen MR) is 105 cm³/mol. The molecule has 5 nitrogen and oxygen atoms in total. The normalized spacial score (nSPS) is 14.9. The van der Waals surface area contributed by atoms with Gasteiger partial charge in [-0.05, 0) is 19.8 Å². The lowest BCUT2D eigenvalue weighted by atomic mass is 9.90. The Labute approximate surface area is 162 Å². The fourth-order valence-corrected chi connectivity index (χ4v) is 3.28. The van der Waals surface area contributed by atoms with Crippen LogP contribution in [-0.2, 0) is 19.1 Å². The molecule has 0 radical (unpaired) electrons. The molecule has 0 aromatic heterocycles. The first-order chi connectivity index (χ1) is 12.9. The van der Waals surface area contributed by atoms with Crippen LogP contribution in [0.5, 0.6) is 0 Å². The standard InChI is InChI=1S/C22H34O5/c1-4-5-6-7-8-9-10-11-12-13-14-15-18-21(26)19(24)16(2)20(25)22(18)27-17(3)23/h24H,4-15H2,1-3H3. The van der Waals surface area contributed by atoms with Gasteiger partial charge in [-0.3, -0.25) is 14.4 Å². The van der Waals surface area contributed by atoms with Gasteiger partial charge in [-0.1, -0.05) is 71.1 Å². The minimum absolute atomic E-state index is 0.0704. The molecule has 0 saturated carbocycles. The molecule has 0 amide bonds. The van der Waals surface area contributed by atoms with E-state index in [-0.39, 0.29) is 16.9 Å². The average molecular weight is 379 g/mol. The Hall–Kier alpha value is -1.91. The van der Waals surface area contributed by atoms with E-state index < -0.39 is 23.3 Å². The van der Waals surface area contributed by atoms with Gasteiger partial charge in [-0.25, -0.2) is 0 Å². The number of ketones is 2. The maximum atomic E-state index is 12.3. The molecule has 5 heteroatoms. The number of rotatable bonds is 13. The van der Waals surface area contributed by atoms with Crippen molar-refractivity contribution in [2.24, 2.45) is 0 Å². The zero-order chi connectivity index (χ0) is 20.2. The lowest BCUT2D eigenvalue weighted by Crippen LogP contribution is -2.25. The maximum absolute atomic E-state index is 12.3. The highest BCUT2D eigenvalue weighted by atomic mass is 16.5. The lowest BCUT2D eigenvalue weighted by molar-refractivity contribution is -0.140. The first-order valence-electron chi connectivity index (χ1n) is 10.3. The van der Waals surface area contributed by atoms with Crippen molar-refractivity contribution < 1.29 is 24.2 Å². The highest BCUT2D eigenvalue weighted by Crippen LogP contribution is 2.28. The molecule has 0 spiro atoms. The molecular formula is C22H34O5. The molecule has 0 atom stereocenters. The zero-order valence-electron chi connectivity index (χ0n) is 17.1. The molecule has 0 heterocycles. The molecule has 0 aromatic rings. The Morgan fingerprint density at radius 1 is 0.852 bits per heavy atom. The number of carbonyl (C=O) groups excluding carboxylic acids is 3. The summed E-state index contributed by atoms with van der Waals surface area (Å²) in [5, 5.41) is 9.85. The number of hydrogen-bond acceptors (Lipinski definition) is 5. The minimum Gasteiger partial charge on any atom is -0.504 e. The predicted octanol–water partition coefficient (Wildman–Crippen LogP) is 5.49. The van der Waals surface area contributed by atoms with E-state index in [0.29, 0.717) is 6.42 Å². The minimum atomic E-state index is -0.642. The first-order valence-corrected chi connectivity index (χ1v) is 10.3. The van der Waals surface area contributed by atoms with Gasteiger partial charge in [0.2, 0.25) is 11.6 Å². The Morgan fingerprint density at radius 2 is 1.33 bits per heavy atom. The van der Waals surface area contributed by atoms with Crippen molar-refractivity contribution in [3.05, 3.63) is 22.7 Å². The van der Waals surface area contributed by atoms with E-state index in [0.717, 1.165) is 19.3 Å². The molecule has 1 aliphatic carbocycles. The summed E-state index contributed by atoms with van der Waals surface area (Å²) < 4.78 is 4.98. The number of aliphatic hydroxyl groups is 1. The van der Waals surface area contributed by atoms with E-state index in [4.69, 9.17) is 4.74 Å². The summed E-state index contributed by atoms with van der Waals surface area (Å²) in [7, 11) is 0. The van der Waals surface area contributed by atoms with E-state index in [1.54, 1.807) is 0 Å². The first kappa shape index (κ1) is 23.1. The Balaban J connectivity index is 2.38. The molecule has 0 saturated heterocycles. The van der Waals surface area contributed by atoms with Gasteiger partial charge in [-0.15, -0.1) is 0 Å². The van der Waals surface area contributed by atoms with Gasteiger partial charge < -0.3 is 9.84 Å². The van der Waals surface area contributed by atoms with E-state index >= 15 is 0 Å². The lowest BCUT2D eigenvalue weighted by Gasteiger charge is -2.18. The topological polar surface area (TPSA) is 80.7 Å². The molecule has 1 rings (SSSR count). The van der Waals surface area contributed by atoms with Crippen LogP contribution in [0.15, 0.2) is 22.7 Å². The third-order valence-corrected chi connectivity index (χ3v) is 4.94. The van der Waals surface area contributed by atoms with Gasteiger partial charge in [0, 0.05) is 12.5 Å². The van der Waals surface area contributed by atoms with Crippen LogP contribution in [0.4, 0.5) is 0 Å². The summed E-state index contributed by atoms with van der Waals surface area (Å²) in [5.41, 5.74) is 0.0492. The fraction of sp³-hybridized carbons (Fsp3) is 0.682. The van der Waals surface area contributed by atoms with Gasteiger partial charge in [0.15, 0.2) is 11.5 Å². The monoisotopic (exact) mass is 378 g/mol. The van der Waals surface area contributed by atoms with Crippen LogP contribution in [-0.4, -0.2) is 22.6 Å². The number of carbonyl (C=O) groups is 3. The maximum Gasteiger partial charge on any atom is 0.308 e. The smallest absolute Gasteiger partial charge is 0.308 e. The molecule has 152 valence electrons. The van der Waals surface area contributed by atoms with E-state index in [2.05, 4.69) is 6.92 Å². The quantitative estimate of drug-likeness (QED) is 0.260. The molecular weight excluding hydrogens is 344 g/mol. The van der Waals surface area contributed by atoms with Crippen molar-refractivity contribution in [1.82, 2.24) is 0 Å². The van der Waals surface area contributed by atoms with Crippen LogP contribution in [0.3, 0.4) is 0 Å². The summed E-state index contributed by atoms with van der Waals surface area (Å²) in [5.74, 6) is -2.57. The summed E-state index contributed by atoms with van der Waals surface area (Å²) >= 11 is 0. The highest BCUT2D eigenvalue weighted by molar-refractivity contribution is 6.23. The molecule has 0 aliphatic heterocycles. The van der Waals surface area contributed by atoms with Gasteiger partial charge in [0.1, 0.15) is 0 Å². The molecule has 27 heavy (non-hydrogen) atoms. The van der Waals surface area contributed by atoms with Crippen LogP contribution in [0.25, 0.3) is 0 Å². The third kappa shape index (κ3) is 7.69. The van der Waals surface area contributed by atoms with Crippen molar-refractivity contribution in [3.63, 3.8) is 0 Å². The average Bonchev–Trinajstić information content (AvgIpc) is 2.64. The molecule has 0 unspecified atom stereocenters. The van der Waals surface area contributed by atoms with Crippen molar-refractivity contribution >= 4 is 17.5 Å². The number of aliphatic hydroxyl groups excluding tert-OH is 1. The number of allylic oxidation sites excluding steroid dienone is 2. The number of esters is 1. The Kier molecular flexibility index (Phi) is 10.7. The number of hydrogen-bond donors (Lipinski definition) is 1. The van der Waals surface area contributed by atoms with Crippen LogP contribution in [0.2, 0.25) is 0 Å². The van der Waals surface area contributed by atoms with E-state index in [9.17, 15) is 19.5 Å². The number of Topliss-reactive ketones (excluding diaryl/α,β-unsaturated/α-hetero) is 2. The second-order valence-electron chi connectivity index (χ2n) is 7.32. The fourth-order valence-electron chi connectivity index (χ4n) is 3.28. The molecule has 0 bridgehead atoms. The summed E-state index contributed by atoms with van der Waals surface area (Å²) in [4.78, 5) is 35.8. The number of unbranched alkanes of at least 4 members (excludes halogenated alkanes) is 10. The van der Waals surface area contributed by atoms with Crippen LogP contribution >= 0.6 is 0 Å². The molecule has 0 fully saturated rings. The van der Waals surface area contributed by atoms with E-state index in [1.165, 1.54) is 65.2 Å². The third-order valence-electron chi connectivity index (χ3n) is 4.94. The van der Waals surface area contributed by atoms with Crippen LogP contribution < -0.4 is 0 Å². The second kappa shape index (κ2) is 12.5. The SMILES string of the molecule is CCCCCCCCCCCCCC1=C(OC(C)=O)C(=O)C(C)=C(O)C1=O. The zero-order valence-corrected chi connectivity index (χ0v) is 17.1. The summed E-state index contributed by atoms with van der Waals surface area (Å²) in [6.07, 6.45) is 13.3. The summed E-state index contributed by atoms with van der Waals surface area (Å²) in [6.45, 7) is 4.77. The Bertz CT molecular complexity index is 598. The van der Waals surface area contributed by atoms with Crippen LogP contribution in [0.1, 0.15) is 97.8 Å². The van der Waals surface area contributed by atoms with Gasteiger partial charge in [-0.2, -0.15) is 0 Å². The van der Waals surface area contributed by atoms with Gasteiger partial charge in [0.25, 0.3) is 0 Å². The van der Waals surface area contributed by atoms with Crippen LogP contribution in [0, 0.1) is 0 Å². The second-order valence-corrected chi connectivity index (χ2v) is 7.32. The summed E-state index contributed by atoms with van der Waals surface area (Å²) in [6, 6.07) is 0. The highest BCUT2D eigenvalue weighted by Gasteiger charge is 2.34. The molecule has 1 aliphatic rings. The van der Waals surface area contributed by atoms with Gasteiger partial charge in [0.05, 0.1) is 5.57 Å². The van der Waals surface area contributed by atoms with Gasteiger partial charge >= 0.3 is 5.97 Å². The molecule has 1 N–H and O–H groups in total. The number of ether oxygens (including phenoxy) is 1. The Morgan fingerprint density at radius 3 is 1.81 bits per heavy atom. The van der Waals surface area contributed by atoms with E-state index in [1.807, 2.05) is 0 Å². The van der Waals surface area contributed by atoms with Crippen molar-refractivity contribution in [1.29, 1.82) is 0 Å². The largest absolute Gasteiger partial charge is 0.504 e. The van der Waals surface area contributed by atoms with Crippen molar-refractivity contribution in [2.75, 3.05) is 0 Å².